The van der Waals surface area contributed by atoms with E-state index < -0.39 is 0 Å². The highest BCUT2D eigenvalue weighted by molar-refractivity contribution is 6.00. The number of hydrogen-bond acceptors (Lipinski definition) is 3. The molecule has 0 fully saturated rings. The van der Waals surface area contributed by atoms with Crippen LogP contribution in [-0.2, 0) is 0 Å². The highest BCUT2D eigenvalue weighted by atomic mass is 16.3. The molecule has 1 amide bonds. The summed E-state index contributed by atoms with van der Waals surface area (Å²) in [5, 5.41) is 16.8. The predicted octanol–water partition coefficient (Wildman–Crippen LogP) is 3.27. The number of hydrogen-bond donors (Lipinski definition) is 2. The van der Waals surface area contributed by atoms with Crippen LogP contribution in [0.1, 0.15) is 33.2 Å². The Bertz CT molecular complexity index is 911. The van der Waals surface area contributed by atoms with Crippen LogP contribution in [0.4, 0.5) is 0 Å². The number of benzene rings is 2. The van der Waals surface area contributed by atoms with E-state index in [0.717, 1.165) is 22.4 Å². The Kier molecular flexibility index (Phi) is 3.16. The second-order valence-corrected chi connectivity index (χ2v) is 6.14. The monoisotopic (exact) mass is 319 g/mol. The third-order valence-corrected chi connectivity index (χ3v) is 4.53. The normalized spacial score (nSPS) is 16.5. The molecule has 0 bridgehead atoms. The Labute approximate surface area is 139 Å². The SMILES string of the molecule is Cc1ccc(-c2n[nH]c3c2C(c2ccc(O)cc2)N(C)C3=O)cc1. The van der Waals surface area contributed by atoms with E-state index >= 15 is 0 Å². The lowest BCUT2D eigenvalue weighted by atomic mass is 9.96. The first-order valence-electron chi connectivity index (χ1n) is 7.77. The van der Waals surface area contributed by atoms with Gasteiger partial charge in [0.25, 0.3) is 5.91 Å². The van der Waals surface area contributed by atoms with Gasteiger partial charge in [0.1, 0.15) is 11.4 Å². The van der Waals surface area contributed by atoms with Crippen molar-refractivity contribution in [3.63, 3.8) is 0 Å². The van der Waals surface area contributed by atoms with Gasteiger partial charge in [-0.3, -0.25) is 9.89 Å². The molecule has 0 saturated carbocycles. The van der Waals surface area contributed by atoms with E-state index in [4.69, 9.17) is 0 Å². The van der Waals surface area contributed by atoms with Crippen molar-refractivity contribution in [3.05, 3.63) is 70.9 Å². The van der Waals surface area contributed by atoms with Gasteiger partial charge in [0.15, 0.2) is 0 Å². The molecule has 0 aliphatic carbocycles. The fourth-order valence-corrected chi connectivity index (χ4v) is 3.25. The number of H-pyrrole nitrogens is 1. The van der Waals surface area contributed by atoms with Gasteiger partial charge in [0, 0.05) is 18.2 Å². The van der Waals surface area contributed by atoms with Gasteiger partial charge in [-0.15, -0.1) is 0 Å². The number of fused-ring (bicyclic) bond motifs is 1. The zero-order chi connectivity index (χ0) is 16.8. The van der Waals surface area contributed by atoms with Crippen LogP contribution in [0.25, 0.3) is 11.3 Å². The van der Waals surface area contributed by atoms with Gasteiger partial charge in [0.2, 0.25) is 0 Å². The quantitative estimate of drug-likeness (QED) is 0.761. The zero-order valence-electron chi connectivity index (χ0n) is 13.4. The van der Waals surface area contributed by atoms with Crippen LogP contribution in [0.3, 0.4) is 0 Å². The minimum absolute atomic E-state index is 0.0751. The molecule has 4 rings (SSSR count). The summed E-state index contributed by atoms with van der Waals surface area (Å²) in [6.07, 6.45) is 0. The Morgan fingerprint density at radius 3 is 2.42 bits per heavy atom. The highest BCUT2D eigenvalue weighted by Gasteiger charge is 2.40. The standard InChI is InChI=1S/C19H17N3O2/c1-11-3-5-12(6-4-11)16-15-17(21-20-16)19(24)22(2)18(15)13-7-9-14(23)10-8-13/h3-10,18,23H,1-2H3,(H,20,21). The summed E-state index contributed by atoms with van der Waals surface area (Å²) >= 11 is 0. The van der Waals surface area contributed by atoms with Gasteiger partial charge in [-0.2, -0.15) is 5.10 Å². The number of nitrogens with one attached hydrogen (secondary N) is 1. The van der Waals surface area contributed by atoms with Gasteiger partial charge in [-0.05, 0) is 24.6 Å². The van der Waals surface area contributed by atoms with Crippen LogP contribution in [0.15, 0.2) is 48.5 Å². The van der Waals surface area contributed by atoms with Gasteiger partial charge >= 0.3 is 0 Å². The summed E-state index contributed by atoms with van der Waals surface area (Å²) in [6.45, 7) is 2.04. The van der Waals surface area contributed by atoms with E-state index in [1.807, 2.05) is 43.3 Å². The van der Waals surface area contributed by atoms with Gasteiger partial charge in [-0.1, -0.05) is 42.0 Å². The lowest BCUT2D eigenvalue weighted by molar-refractivity contribution is 0.0788. The summed E-state index contributed by atoms with van der Waals surface area (Å²) in [7, 11) is 1.78. The fraction of sp³-hybridized carbons (Fsp3) is 0.158. The van der Waals surface area contributed by atoms with E-state index in [0.29, 0.717) is 5.69 Å². The summed E-state index contributed by atoms with van der Waals surface area (Å²) in [6, 6.07) is 14.8. The average Bonchev–Trinajstić information content (AvgIpc) is 3.10. The zero-order valence-corrected chi connectivity index (χ0v) is 13.4. The molecular formula is C19H17N3O2. The number of carbonyl (C=O) groups excluding carboxylic acids is 1. The van der Waals surface area contributed by atoms with Gasteiger partial charge in [0.05, 0.1) is 11.7 Å². The van der Waals surface area contributed by atoms with Crippen LogP contribution in [-0.4, -0.2) is 33.2 Å². The first kappa shape index (κ1) is 14.5. The number of phenolic OH excluding ortho intramolecular Hbond substituents is 1. The van der Waals surface area contributed by atoms with Crippen molar-refractivity contribution in [1.29, 1.82) is 0 Å². The molecule has 0 spiro atoms. The lowest BCUT2D eigenvalue weighted by Gasteiger charge is -2.22. The molecule has 1 unspecified atom stereocenters. The molecule has 2 N–H and O–H groups in total. The fourth-order valence-electron chi connectivity index (χ4n) is 3.25. The van der Waals surface area contributed by atoms with Crippen molar-refractivity contribution in [1.82, 2.24) is 15.1 Å². The Morgan fingerprint density at radius 1 is 1.08 bits per heavy atom. The summed E-state index contributed by atoms with van der Waals surface area (Å²) in [5.41, 5.74) is 5.31. The number of aromatic hydroxyl groups is 1. The Balaban J connectivity index is 1.88. The molecule has 1 aliphatic rings. The number of aromatic amines is 1. The molecule has 0 radical (unpaired) electrons. The molecule has 2 aromatic carbocycles. The van der Waals surface area contributed by atoms with E-state index in [2.05, 4.69) is 10.2 Å². The van der Waals surface area contributed by atoms with Crippen molar-refractivity contribution in [2.75, 3.05) is 7.05 Å². The van der Waals surface area contributed by atoms with Crippen molar-refractivity contribution in [3.8, 4) is 17.0 Å². The third kappa shape index (κ3) is 2.09. The molecule has 2 heterocycles. The smallest absolute Gasteiger partial charge is 0.272 e. The number of aromatic nitrogens is 2. The maximum atomic E-state index is 12.6. The molecule has 1 atom stereocenters. The number of rotatable bonds is 2. The Hall–Kier alpha value is -3.08. The molecule has 3 aromatic rings. The predicted molar refractivity (Wildman–Crippen MR) is 90.8 cm³/mol. The number of aryl methyl sites for hydroxylation is 1. The number of phenols is 1. The lowest BCUT2D eigenvalue weighted by Crippen LogP contribution is -2.24. The molecule has 120 valence electrons. The summed E-state index contributed by atoms with van der Waals surface area (Å²) in [5.74, 6) is 0.130. The minimum atomic E-state index is -0.219. The molecule has 24 heavy (non-hydrogen) atoms. The van der Waals surface area contributed by atoms with Crippen LogP contribution >= 0.6 is 0 Å². The molecule has 1 aromatic heterocycles. The third-order valence-electron chi connectivity index (χ3n) is 4.53. The van der Waals surface area contributed by atoms with E-state index in [9.17, 15) is 9.90 Å². The average molecular weight is 319 g/mol. The van der Waals surface area contributed by atoms with Crippen molar-refractivity contribution in [2.45, 2.75) is 13.0 Å². The van der Waals surface area contributed by atoms with E-state index in [1.54, 1.807) is 24.1 Å². The highest BCUT2D eigenvalue weighted by Crippen LogP contribution is 2.42. The topological polar surface area (TPSA) is 69.2 Å². The molecule has 5 nitrogen and oxygen atoms in total. The van der Waals surface area contributed by atoms with Crippen LogP contribution < -0.4 is 0 Å². The first-order chi connectivity index (χ1) is 11.6. The Morgan fingerprint density at radius 2 is 1.75 bits per heavy atom. The maximum Gasteiger partial charge on any atom is 0.272 e. The van der Waals surface area contributed by atoms with Crippen molar-refractivity contribution < 1.29 is 9.90 Å². The molecule has 0 saturated heterocycles. The van der Waals surface area contributed by atoms with Crippen molar-refractivity contribution in [2.24, 2.45) is 0 Å². The summed E-state index contributed by atoms with van der Waals surface area (Å²) < 4.78 is 0. The largest absolute Gasteiger partial charge is 0.508 e. The minimum Gasteiger partial charge on any atom is -0.508 e. The number of carbonyl (C=O) groups is 1. The van der Waals surface area contributed by atoms with Crippen LogP contribution in [0.5, 0.6) is 5.75 Å². The molecule has 1 aliphatic heterocycles. The number of nitrogens with zero attached hydrogens (tertiary/aromatic N) is 2. The van der Waals surface area contributed by atoms with E-state index in [1.165, 1.54) is 5.56 Å². The summed E-state index contributed by atoms with van der Waals surface area (Å²) in [4.78, 5) is 14.3. The first-order valence-corrected chi connectivity index (χ1v) is 7.77. The second-order valence-electron chi connectivity index (χ2n) is 6.14. The second kappa shape index (κ2) is 5.23. The van der Waals surface area contributed by atoms with Crippen molar-refractivity contribution >= 4 is 5.91 Å². The molecule has 5 heteroatoms. The van der Waals surface area contributed by atoms with Crippen LogP contribution in [0, 0.1) is 6.92 Å². The maximum absolute atomic E-state index is 12.6. The van der Waals surface area contributed by atoms with E-state index in [-0.39, 0.29) is 17.7 Å². The van der Waals surface area contributed by atoms with Gasteiger partial charge in [-0.25, -0.2) is 0 Å². The van der Waals surface area contributed by atoms with Gasteiger partial charge < -0.3 is 10.0 Å². The van der Waals surface area contributed by atoms with Crippen LogP contribution in [0.2, 0.25) is 0 Å². The number of amides is 1. The molecular weight excluding hydrogens is 302 g/mol.